The first kappa shape index (κ1) is 21.8. The van der Waals surface area contributed by atoms with Crippen LogP contribution in [0.4, 0.5) is 4.79 Å². The number of piperidine rings is 1. The monoisotopic (exact) mass is 381 g/mol. The number of guanidine groups is 1. The Kier molecular flexibility index (Phi) is 9.18. The van der Waals surface area contributed by atoms with Gasteiger partial charge in [0.15, 0.2) is 5.96 Å². The van der Waals surface area contributed by atoms with Crippen molar-refractivity contribution in [2.24, 2.45) is 10.9 Å². The SMILES string of the molecule is CCNC(=NCC(C(C)C)N1CCCC1)NC1CCN(C(=O)OCC)CC1. The molecule has 2 fully saturated rings. The van der Waals surface area contributed by atoms with Gasteiger partial charge < -0.3 is 20.3 Å². The molecule has 0 aromatic rings. The molecule has 2 heterocycles. The topological polar surface area (TPSA) is 69.2 Å². The maximum Gasteiger partial charge on any atom is 0.409 e. The molecule has 0 aromatic heterocycles. The predicted molar refractivity (Wildman–Crippen MR) is 110 cm³/mol. The maximum atomic E-state index is 11.8. The Hall–Kier alpha value is -1.50. The quantitative estimate of drug-likeness (QED) is 0.523. The van der Waals surface area contributed by atoms with Gasteiger partial charge in [-0.1, -0.05) is 13.8 Å². The summed E-state index contributed by atoms with van der Waals surface area (Å²) in [6, 6.07) is 0.853. The van der Waals surface area contributed by atoms with Crippen LogP contribution in [-0.2, 0) is 4.74 Å². The summed E-state index contributed by atoms with van der Waals surface area (Å²) in [5, 5.41) is 6.96. The molecule has 0 bridgehead atoms. The van der Waals surface area contributed by atoms with Crippen LogP contribution >= 0.6 is 0 Å². The minimum absolute atomic E-state index is 0.193. The molecule has 0 aliphatic carbocycles. The molecule has 7 heteroatoms. The first-order valence-corrected chi connectivity index (χ1v) is 10.8. The van der Waals surface area contributed by atoms with Crippen molar-refractivity contribution in [3.63, 3.8) is 0 Å². The van der Waals surface area contributed by atoms with E-state index in [0.29, 0.717) is 24.6 Å². The summed E-state index contributed by atoms with van der Waals surface area (Å²) in [5.41, 5.74) is 0. The smallest absolute Gasteiger partial charge is 0.409 e. The number of hydrogen-bond acceptors (Lipinski definition) is 4. The number of carbonyl (C=O) groups is 1. The van der Waals surface area contributed by atoms with Gasteiger partial charge in [-0.3, -0.25) is 9.89 Å². The number of nitrogens with one attached hydrogen (secondary N) is 2. The molecule has 27 heavy (non-hydrogen) atoms. The number of likely N-dealkylation sites (tertiary alicyclic amines) is 2. The Morgan fingerprint density at radius 2 is 1.81 bits per heavy atom. The molecule has 2 aliphatic rings. The molecule has 7 nitrogen and oxygen atoms in total. The molecular weight excluding hydrogens is 342 g/mol. The number of amides is 1. The van der Waals surface area contributed by atoms with Gasteiger partial charge in [-0.05, 0) is 58.5 Å². The minimum Gasteiger partial charge on any atom is -0.450 e. The summed E-state index contributed by atoms with van der Waals surface area (Å²) in [7, 11) is 0. The van der Waals surface area contributed by atoms with Gasteiger partial charge >= 0.3 is 6.09 Å². The third kappa shape index (κ3) is 6.87. The van der Waals surface area contributed by atoms with Gasteiger partial charge in [0, 0.05) is 31.7 Å². The lowest BCUT2D eigenvalue weighted by Crippen LogP contribution is -2.50. The van der Waals surface area contributed by atoms with E-state index >= 15 is 0 Å². The van der Waals surface area contributed by atoms with Crippen LogP contribution in [0.25, 0.3) is 0 Å². The Balaban J connectivity index is 1.87. The molecular formula is C20H39N5O2. The predicted octanol–water partition coefficient (Wildman–Crippen LogP) is 2.28. The van der Waals surface area contributed by atoms with Crippen LogP contribution in [0.1, 0.15) is 53.4 Å². The Morgan fingerprint density at radius 3 is 2.37 bits per heavy atom. The van der Waals surface area contributed by atoms with Crippen LogP contribution in [-0.4, -0.2) is 79.8 Å². The van der Waals surface area contributed by atoms with Crippen molar-refractivity contribution in [2.75, 3.05) is 45.9 Å². The first-order valence-electron chi connectivity index (χ1n) is 10.8. The van der Waals surface area contributed by atoms with E-state index in [1.54, 1.807) is 4.90 Å². The molecule has 1 unspecified atom stereocenters. The van der Waals surface area contributed by atoms with E-state index in [-0.39, 0.29) is 6.09 Å². The van der Waals surface area contributed by atoms with E-state index in [9.17, 15) is 4.79 Å². The zero-order valence-corrected chi connectivity index (χ0v) is 17.7. The fraction of sp³-hybridized carbons (Fsp3) is 0.900. The highest BCUT2D eigenvalue weighted by Crippen LogP contribution is 2.18. The lowest BCUT2D eigenvalue weighted by atomic mass is 10.0. The summed E-state index contributed by atoms with van der Waals surface area (Å²) in [6.07, 6.45) is 4.27. The van der Waals surface area contributed by atoms with Crippen molar-refractivity contribution in [2.45, 2.75) is 65.5 Å². The molecule has 156 valence electrons. The van der Waals surface area contributed by atoms with E-state index in [4.69, 9.17) is 9.73 Å². The lowest BCUT2D eigenvalue weighted by Gasteiger charge is -2.33. The minimum atomic E-state index is -0.193. The highest BCUT2D eigenvalue weighted by Gasteiger charge is 2.26. The van der Waals surface area contributed by atoms with E-state index < -0.39 is 0 Å². The second-order valence-corrected chi connectivity index (χ2v) is 7.88. The van der Waals surface area contributed by atoms with Gasteiger partial charge in [0.25, 0.3) is 0 Å². The van der Waals surface area contributed by atoms with Crippen molar-refractivity contribution in [1.82, 2.24) is 20.4 Å². The number of aliphatic imine (C=N–C) groups is 1. The van der Waals surface area contributed by atoms with Gasteiger partial charge in [-0.15, -0.1) is 0 Å². The van der Waals surface area contributed by atoms with Crippen molar-refractivity contribution in [3.8, 4) is 0 Å². The van der Waals surface area contributed by atoms with E-state index in [2.05, 4.69) is 36.3 Å². The maximum absolute atomic E-state index is 11.8. The molecule has 2 aliphatic heterocycles. The van der Waals surface area contributed by atoms with Gasteiger partial charge in [-0.25, -0.2) is 4.79 Å². The summed E-state index contributed by atoms with van der Waals surface area (Å²) < 4.78 is 5.10. The molecule has 2 N–H and O–H groups in total. The normalized spacial score (nSPS) is 20.8. The number of nitrogens with zero attached hydrogens (tertiary/aromatic N) is 3. The van der Waals surface area contributed by atoms with Crippen LogP contribution in [0.5, 0.6) is 0 Å². The molecule has 1 amide bonds. The fourth-order valence-corrected chi connectivity index (χ4v) is 3.94. The molecule has 2 saturated heterocycles. The summed E-state index contributed by atoms with van der Waals surface area (Å²) in [6.45, 7) is 14.5. The lowest BCUT2D eigenvalue weighted by molar-refractivity contribution is 0.0963. The number of ether oxygens (including phenoxy) is 1. The largest absolute Gasteiger partial charge is 0.450 e. The molecule has 0 saturated carbocycles. The average molecular weight is 382 g/mol. The highest BCUT2D eigenvalue weighted by molar-refractivity contribution is 5.80. The number of carbonyl (C=O) groups excluding carboxylic acids is 1. The van der Waals surface area contributed by atoms with Gasteiger partial charge in [0.05, 0.1) is 13.2 Å². The first-order chi connectivity index (χ1) is 13.0. The zero-order valence-electron chi connectivity index (χ0n) is 17.7. The standard InChI is InChI=1S/C20H39N5O2/c1-5-21-19(22-15-18(16(3)4)24-11-7-8-12-24)23-17-9-13-25(14-10-17)20(26)27-6-2/h16-18H,5-15H2,1-4H3,(H2,21,22,23). The van der Waals surface area contributed by atoms with E-state index in [0.717, 1.165) is 45.0 Å². The Bertz CT molecular complexity index is 469. The summed E-state index contributed by atoms with van der Waals surface area (Å²) in [4.78, 5) is 21.1. The Labute approximate surface area is 164 Å². The van der Waals surface area contributed by atoms with Crippen LogP contribution in [0.3, 0.4) is 0 Å². The molecule has 0 spiro atoms. The van der Waals surface area contributed by atoms with Crippen LogP contribution in [0.2, 0.25) is 0 Å². The van der Waals surface area contributed by atoms with Crippen molar-refractivity contribution < 1.29 is 9.53 Å². The second kappa shape index (κ2) is 11.4. The molecule has 0 aromatic carbocycles. The van der Waals surface area contributed by atoms with Crippen molar-refractivity contribution in [3.05, 3.63) is 0 Å². The second-order valence-electron chi connectivity index (χ2n) is 7.88. The number of hydrogen-bond donors (Lipinski definition) is 2. The molecule has 0 radical (unpaired) electrons. The van der Waals surface area contributed by atoms with Crippen LogP contribution < -0.4 is 10.6 Å². The van der Waals surface area contributed by atoms with Gasteiger partial charge in [-0.2, -0.15) is 0 Å². The Morgan fingerprint density at radius 1 is 1.15 bits per heavy atom. The van der Waals surface area contributed by atoms with Gasteiger partial charge in [0.2, 0.25) is 0 Å². The fourth-order valence-electron chi connectivity index (χ4n) is 3.94. The van der Waals surface area contributed by atoms with Crippen molar-refractivity contribution >= 4 is 12.1 Å². The van der Waals surface area contributed by atoms with Crippen LogP contribution in [0.15, 0.2) is 4.99 Å². The highest BCUT2D eigenvalue weighted by atomic mass is 16.6. The van der Waals surface area contributed by atoms with Gasteiger partial charge in [0.1, 0.15) is 0 Å². The third-order valence-corrected chi connectivity index (χ3v) is 5.52. The average Bonchev–Trinajstić information content (AvgIpc) is 3.17. The van der Waals surface area contributed by atoms with E-state index in [1.807, 2.05) is 6.92 Å². The molecule has 2 rings (SSSR count). The van der Waals surface area contributed by atoms with E-state index in [1.165, 1.54) is 25.9 Å². The van der Waals surface area contributed by atoms with Crippen LogP contribution in [0, 0.1) is 5.92 Å². The summed E-state index contributed by atoms with van der Waals surface area (Å²) >= 11 is 0. The molecule has 1 atom stereocenters. The van der Waals surface area contributed by atoms with Crippen molar-refractivity contribution in [1.29, 1.82) is 0 Å². The number of rotatable bonds is 7. The summed E-state index contributed by atoms with van der Waals surface area (Å²) in [5.74, 6) is 1.50. The third-order valence-electron chi connectivity index (χ3n) is 5.52. The zero-order chi connectivity index (χ0) is 19.6.